The zero-order valence-corrected chi connectivity index (χ0v) is 15.6. The third kappa shape index (κ3) is 3.84. The van der Waals surface area contributed by atoms with Gasteiger partial charge in [-0.25, -0.2) is 4.79 Å². The third-order valence-corrected chi connectivity index (χ3v) is 5.30. The number of amides is 1. The van der Waals surface area contributed by atoms with Crippen LogP contribution in [0.4, 0.5) is 0 Å². The van der Waals surface area contributed by atoms with Gasteiger partial charge in [-0.2, -0.15) is 0 Å². The summed E-state index contributed by atoms with van der Waals surface area (Å²) in [7, 11) is 0. The first kappa shape index (κ1) is 19.0. The van der Waals surface area contributed by atoms with E-state index in [2.05, 4.69) is 18.8 Å². The molecule has 0 fully saturated rings. The molecular formula is C21H24N2O4. The van der Waals surface area contributed by atoms with Crippen molar-refractivity contribution in [2.45, 2.75) is 52.0 Å². The number of carboxylic acid groups (broad SMARTS) is 1. The Hall–Kier alpha value is -2.76. The van der Waals surface area contributed by atoms with E-state index in [0.717, 1.165) is 29.6 Å². The molecular weight excluding hydrogens is 344 g/mol. The van der Waals surface area contributed by atoms with Crippen LogP contribution >= 0.6 is 0 Å². The van der Waals surface area contributed by atoms with Crippen molar-refractivity contribution in [3.8, 4) is 0 Å². The number of nitrogens with zero attached hydrogens (tertiary/aromatic N) is 1. The normalized spacial score (nSPS) is 20.8. The van der Waals surface area contributed by atoms with Crippen molar-refractivity contribution in [3.05, 3.63) is 41.0 Å². The maximum Gasteiger partial charge on any atom is 0.328 e. The number of hydrogen-bond acceptors (Lipinski definition) is 4. The number of nitrogens with two attached hydrogens (primary N) is 1. The Balaban J connectivity index is 2.08. The van der Waals surface area contributed by atoms with E-state index < -0.39 is 17.9 Å². The average molecular weight is 368 g/mol. The topological polar surface area (TPSA) is 110 Å². The van der Waals surface area contributed by atoms with Crippen LogP contribution in [-0.4, -0.2) is 34.5 Å². The number of benzene rings is 1. The van der Waals surface area contributed by atoms with E-state index in [4.69, 9.17) is 5.73 Å². The van der Waals surface area contributed by atoms with Crippen molar-refractivity contribution in [1.82, 2.24) is 0 Å². The Kier molecular flexibility index (Phi) is 5.00. The number of allylic oxidation sites excluding steroid dienone is 2. The SMILES string of the molecule is CC1(C)CCC2=C(C1)c1ccccc1C(=N[C@@H](CCC(N)=O)C(=O)O)C2=O. The van der Waals surface area contributed by atoms with Crippen LogP contribution in [0.25, 0.3) is 5.57 Å². The molecule has 0 saturated carbocycles. The van der Waals surface area contributed by atoms with E-state index in [1.807, 2.05) is 24.3 Å². The summed E-state index contributed by atoms with van der Waals surface area (Å²) in [5.41, 5.74) is 8.85. The van der Waals surface area contributed by atoms with E-state index in [-0.39, 0.29) is 29.8 Å². The molecule has 1 aromatic rings. The number of aliphatic carboxylic acids is 1. The second kappa shape index (κ2) is 7.10. The van der Waals surface area contributed by atoms with Gasteiger partial charge in [0.15, 0.2) is 0 Å². The summed E-state index contributed by atoms with van der Waals surface area (Å²) in [6.07, 6.45) is 2.25. The van der Waals surface area contributed by atoms with Crippen LogP contribution in [0.2, 0.25) is 0 Å². The van der Waals surface area contributed by atoms with Gasteiger partial charge in [0.2, 0.25) is 11.7 Å². The molecule has 0 aliphatic heterocycles. The van der Waals surface area contributed by atoms with Gasteiger partial charge >= 0.3 is 5.97 Å². The standard InChI is InChI=1S/C21H24N2O4/c1-21(2)10-9-14-15(11-21)12-5-3-4-6-13(12)18(19(14)25)23-16(20(26)27)7-8-17(22)24/h3-6,16H,7-11H2,1-2H3,(H2,22,24)(H,26,27)/t16-/m0/s1. The second-order valence-corrected chi connectivity index (χ2v) is 8.01. The predicted molar refractivity (Wildman–Crippen MR) is 102 cm³/mol. The number of Topliss-reactive ketones (excluding diaryl/α,β-unsaturated/α-hetero) is 1. The highest BCUT2D eigenvalue weighted by Crippen LogP contribution is 2.46. The first-order chi connectivity index (χ1) is 12.7. The molecule has 0 spiro atoms. The minimum Gasteiger partial charge on any atom is -0.480 e. The molecule has 27 heavy (non-hydrogen) atoms. The molecule has 1 amide bonds. The molecule has 0 heterocycles. The molecule has 0 aromatic heterocycles. The molecule has 0 saturated heterocycles. The summed E-state index contributed by atoms with van der Waals surface area (Å²) in [6, 6.07) is 6.34. The molecule has 2 aliphatic carbocycles. The van der Waals surface area contributed by atoms with Gasteiger partial charge < -0.3 is 10.8 Å². The fourth-order valence-electron chi connectivity index (χ4n) is 3.82. The zero-order valence-electron chi connectivity index (χ0n) is 15.6. The van der Waals surface area contributed by atoms with Crippen molar-refractivity contribution >= 4 is 28.9 Å². The number of fused-ring (bicyclic) bond motifs is 2. The first-order valence-electron chi connectivity index (χ1n) is 9.15. The van der Waals surface area contributed by atoms with E-state index >= 15 is 0 Å². The van der Waals surface area contributed by atoms with Gasteiger partial charge in [-0.1, -0.05) is 38.1 Å². The predicted octanol–water partition coefficient (Wildman–Crippen LogP) is 2.74. The van der Waals surface area contributed by atoms with Crippen LogP contribution in [0.3, 0.4) is 0 Å². The van der Waals surface area contributed by atoms with E-state index in [1.165, 1.54) is 0 Å². The monoisotopic (exact) mass is 368 g/mol. The van der Waals surface area contributed by atoms with Gasteiger partial charge in [-0.3, -0.25) is 14.6 Å². The average Bonchev–Trinajstić information content (AvgIpc) is 2.59. The maximum absolute atomic E-state index is 13.2. The van der Waals surface area contributed by atoms with E-state index in [9.17, 15) is 19.5 Å². The molecule has 6 nitrogen and oxygen atoms in total. The number of hydrogen-bond donors (Lipinski definition) is 2. The Morgan fingerprint density at radius 1 is 1.22 bits per heavy atom. The van der Waals surface area contributed by atoms with Gasteiger partial charge in [0.1, 0.15) is 11.8 Å². The Morgan fingerprint density at radius 3 is 2.52 bits per heavy atom. The summed E-state index contributed by atoms with van der Waals surface area (Å²) in [4.78, 5) is 40.1. The Bertz CT molecular complexity index is 880. The van der Waals surface area contributed by atoms with Crippen LogP contribution in [0.15, 0.2) is 34.8 Å². The molecule has 1 atom stereocenters. The lowest BCUT2D eigenvalue weighted by Gasteiger charge is -2.36. The lowest BCUT2D eigenvalue weighted by atomic mass is 9.68. The fourth-order valence-corrected chi connectivity index (χ4v) is 3.82. The number of carbonyl (C=O) groups is 3. The van der Waals surface area contributed by atoms with Crippen LogP contribution in [0, 0.1) is 5.41 Å². The van der Waals surface area contributed by atoms with Crippen molar-refractivity contribution in [3.63, 3.8) is 0 Å². The minimum atomic E-state index is -1.17. The maximum atomic E-state index is 13.2. The smallest absolute Gasteiger partial charge is 0.328 e. The van der Waals surface area contributed by atoms with Crippen molar-refractivity contribution in [2.24, 2.45) is 16.1 Å². The summed E-state index contributed by atoms with van der Waals surface area (Å²) in [6.45, 7) is 4.38. The first-order valence-corrected chi connectivity index (χ1v) is 9.15. The highest BCUT2D eigenvalue weighted by Gasteiger charge is 2.37. The molecule has 0 bridgehead atoms. The fraction of sp³-hybridized carbons (Fsp3) is 0.429. The molecule has 1 aromatic carbocycles. The number of aliphatic imine (C=N–C) groups is 1. The summed E-state index contributed by atoms with van der Waals surface area (Å²) < 4.78 is 0. The van der Waals surface area contributed by atoms with Crippen molar-refractivity contribution in [2.75, 3.05) is 0 Å². The summed E-state index contributed by atoms with van der Waals surface area (Å²) in [5.74, 6) is -1.94. The lowest BCUT2D eigenvalue weighted by Crippen LogP contribution is -2.32. The summed E-state index contributed by atoms with van der Waals surface area (Å²) >= 11 is 0. The third-order valence-electron chi connectivity index (χ3n) is 5.30. The Labute approximate surface area is 158 Å². The van der Waals surface area contributed by atoms with Crippen LogP contribution < -0.4 is 5.73 Å². The lowest BCUT2D eigenvalue weighted by molar-refractivity contribution is -0.138. The van der Waals surface area contributed by atoms with E-state index in [0.29, 0.717) is 12.0 Å². The van der Waals surface area contributed by atoms with Gasteiger partial charge in [0.25, 0.3) is 0 Å². The van der Waals surface area contributed by atoms with Gasteiger partial charge in [-0.05, 0) is 42.2 Å². The molecule has 0 radical (unpaired) electrons. The van der Waals surface area contributed by atoms with Crippen LogP contribution in [-0.2, 0) is 14.4 Å². The van der Waals surface area contributed by atoms with Gasteiger partial charge in [-0.15, -0.1) is 0 Å². The molecule has 142 valence electrons. The number of primary amides is 1. The van der Waals surface area contributed by atoms with Crippen LogP contribution in [0.5, 0.6) is 0 Å². The molecule has 3 rings (SSSR count). The van der Waals surface area contributed by atoms with Crippen molar-refractivity contribution < 1.29 is 19.5 Å². The van der Waals surface area contributed by atoms with Crippen LogP contribution in [0.1, 0.15) is 57.1 Å². The molecule has 2 aliphatic rings. The number of carboxylic acids is 1. The highest BCUT2D eigenvalue weighted by molar-refractivity contribution is 6.54. The molecule has 6 heteroatoms. The van der Waals surface area contributed by atoms with Gasteiger partial charge in [0.05, 0.1) is 0 Å². The molecule has 0 unspecified atom stereocenters. The zero-order chi connectivity index (χ0) is 19.8. The molecule has 3 N–H and O–H groups in total. The summed E-state index contributed by atoms with van der Waals surface area (Å²) in [5, 5.41) is 9.47. The second-order valence-electron chi connectivity index (χ2n) is 8.01. The quantitative estimate of drug-likeness (QED) is 0.832. The number of ketones is 1. The van der Waals surface area contributed by atoms with E-state index in [1.54, 1.807) is 0 Å². The van der Waals surface area contributed by atoms with Crippen molar-refractivity contribution in [1.29, 1.82) is 0 Å². The number of carbonyl (C=O) groups excluding carboxylic acids is 2. The number of rotatable bonds is 5. The minimum absolute atomic E-state index is 0.0252. The van der Waals surface area contributed by atoms with Gasteiger partial charge in [0, 0.05) is 17.6 Å². The Morgan fingerprint density at radius 2 is 1.89 bits per heavy atom. The highest BCUT2D eigenvalue weighted by atomic mass is 16.4. The largest absolute Gasteiger partial charge is 0.480 e.